The number of aromatic nitrogens is 6. The smallest absolute Gasteiger partial charge is 0.162 e. The number of aldehydes is 1. The van der Waals surface area contributed by atoms with Gasteiger partial charge >= 0.3 is 0 Å². The molecule has 0 saturated heterocycles. The molecule has 8 nitrogen and oxygen atoms in total. The molecule has 0 aromatic carbocycles. The molecule has 0 bridgehead atoms. The number of thiazole rings is 2. The summed E-state index contributed by atoms with van der Waals surface area (Å²) in [5, 5.41) is 18.9. The Hall–Kier alpha value is -0.0400. The Balaban J connectivity index is 0.000000203. The van der Waals surface area contributed by atoms with Gasteiger partial charge in [-0.05, 0) is 111 Å². The molecule has 0 amide bonds. The average Bonchev–Trinajstić information content (AvgIpc) is 3.55. The van der Waals surface area contributed by atoms with E-state index in [4.69, 9.17) is 0 Å². The van der Waals surface area contributed by atoms with Crippen LogP contribution in [0.4, 0.5) is 0 Å². The third-order valence-electron chi connectivity index (χ3n) is 4.37. The van der Waals surface area contributed by atoms with Crippen molar-refractivity contribution >= 4 is 115 Å². The molecular weight excluding hydrogens is 867 g/mol. The van der Waals surface area contributed by atoms with Crippen LogP contribution in [0.5, 0.6) is 0 Å². The van der Waals surface area contributed by atoms with Gasteiger partial charge in [0.25, 0.3) is 0 Å². The molecule has 0 spiro atoms. The number of halogens is 5. The monoisotopic (exact) mass is 884 g/mol. The fourth-order valence-corrected chi connectivity index (χ4v) is 7.50. The lowest BCUT2D eigenvalue weighted by Gasteiger charge is -2.08. The van der Waals surface area contributed by atoms with E-state index in [1.165, 1.54) is 32.1 Å². The highest BCUT2D eigenvalue weighted by Gasteiger charge is 2.21. The molecule has 0 saturated carbocycles. The van der Waals surface area contributed by atoms with E-state index in [1.54, 1.807) is 4.68 Å². The van der Waals surface area contributed by atoms with Crippen LogP contribution in [0.1, 0.15) is 51.6 Å². The van der Waals surface area contributed by atoms with Crippen LogP contribution in [0.15, 0.2) is 29.2 Å². The van der Waals surface area contributed by atoms with E-state index in [2.05, 4.69) is 119 Å². The molecule has 4 heterocycles. The number of hydrogen-bond donors (Lipinski definition) is 1. The molecular formula is C20H21Br4IN6O2S2. The third kappa shape index (κ3) is 9.04. The van der Waals surface area contributed by atoms with Crippen molar-refractivity contribution in [2.24, 2.45) is 14.1 Å². The molecule has 35 heavy (non-hydrogen) atoms. The maximum absolute atomic E-state index is 10.3. The number of aliphatic hydroxyl groups excluding tert-OH is 1. The zero-order valence-electron chi connectivity index (χ0n) is 19.0. The van der Waals surface area contributed by atoms with Crippen molar-refractivity contribution in [2.45, 2.75) is 32.8 Å². The summed E-state index contributed by atoms with van der Waals surface area (Å²) in [5.41, 5.74) is 2.92. The molecule has 1 atom stereocenters. The number of nitrogens with zero attached hydrogens (tertiary/aromatic N) is 6. The molecule has 0 fully saturated rings. The third-order valence-corrected chi connectivity index (χ3v) is 10.1. The molecule has 190 valence electrons. The highest BCUT2D eigenvalue weighted by atomic mass is 127. The van der Waals surface area contributed by atoms with Gasteiger partial charge in [-0.25, -0.2) is 9.97 Å². The van der Waals surface area contributed by atoms with Gasteiger partial charge in [0.1, 0.15) is 20.2 Å². The van der Waals surface area contributed by atoms with E-state index < -0.39 is 6.10 Å². The number of aryl methyl sites for hydroxylation is 4. The summed E-state index contributed by atoms with van der Waals surface area (Å²) in [6, 6.07) is 4.02. The van der Waals surface area contributed by atoms with Gasteiger partial charge in [0.05, 0.1) is 25.7 Å². The maximum atomic E-state index is 10.3. The Morgan fingerprint density at radius 2 is 1.51 bits per heavy atom. The Kier molecular flexibility index (Phi) is 13.2. The highest BCUT2D eigenvalue weighted by Crippen LogP contribution is 2.35. The van der Waals surface area contributed by atoms with Crippen molar-refractivity contribution < 1.29 is 9.90 Å². The molecule has 4 rings (SSSR count). The normalized spacial score (nSPS) is 11.4. The quantitative estimate of drug-likeness (QED) is 0.170. The zero-order chi connectivity index (χ0) is 26.3. The van der Waals surface area contributed by atoms with Crippen LogP contribution in [0.2, 0.25) is 0 Å². The maximum Gasteiger partial charge on any atom is 0.162 e. The molecule has 1 unspecified atom stereocenters. The van der Waals surface area contributed by atoms with Crippen molar-refractivity contribution in [3.63, 3.8) is 0 Å². The van der Waals surface area contributed by atoms with Crippen molar-refractivity contribution in [3.05, 3.63) is 59.7 Å². The topological polar surface area (TPSA) is 98.7 Å². The molecule has 1 N–H and O–H groups in total. The van der Waals surface area contributed by atoms with Crippen LogP contribution in [0.3, 0.4) is 0 Å². The van der Waals surface area contributed by atoms with Crippen molar-refractivity contribution in [3.8, 4) is 0 Å². The SMILES string of the molecule is CCc1cc(C(O)c2sc(Br)nc2Br)n(C)n1.CCc1cc(I)n(C)n1.O=Cc1sc(Br)nc1Br. The van der Waals surface area contributed by atoms with Crippen molar-refractivity contribution in [1.29, 1.82) is 0 Å². The second kappa shape index (κ2) is 14.8. The average molecular weight is 888 g/mol. The van der Waals surface area contributed by atoms with Gasteiger partial charge in [-0.3, -0.25) is 14.2 Å². The standard InChI is InChI=1S/C10H11Br2N3OS.C6H9IN2.C4HBr2NOS/c1-3-5-4-6(15(2)14-5)7(16)8-9(11)13-10(12)17-8;1-3-5-4-6(7)9(2)8-5;5-3-2(1-8)9-4(6)7-3/h4,7,16H,3H2,1-2H3;4H,3H2,1-2H3;1H. The van der Waals surface area contributed by atoms with Gasteiger partial charge in [-0.2, -0.15) is 10.2 Å². The number of carbonyl (C=O) groups excluding carboxylic acids is 1. The van der Waals surface area contributed by atoms with Crippen LogP contribution in [0, 0.1) is 3.70 Å². The minimum atomic E-state index is -0.703. The summed E-state index contributed by atoms with van der Waals surface area (Å²) in [4.78, 5) is 19.6. The first-order valence-corrected chi connectivity index (χ1v) is 15.9. The van der Waals surface area contributed by atoms with Crippen molar-refractivity contribution in [1.82, 2.24) is 29.5 Å². The van der Waals surface area contributed by atoms with Gasteiger partial charge in [-0.15, -0.1) is 22.7 Å². The van der Waals surface area contributed by atoms with E-state index in [0.717, 1.165) is 43.2 Å². The molecule has 0 aliphatic heterocycles. The molecule has 4 aromatic rings. The van der Waals surface area contributed by atoms with E-state index in [1.807, 2.05) is 31.8 Å². The zero-order valence-corrected chi connectivity index (χ0v) is 29.1. The molecule has 4 aromatic heterocycles. The first-order chi connectivity index (χ1) is 16.5. The van der Waals surface area contributed by atoms with Gasteiger partial charge in [0.2, 0.25) is 0 Å². The summed E-state index contributed by atoms with van der Waals surface area (Å²) in [5.74, 6) is 0. The van der Waals surface area contributed by atoms with Gasteiger partial charge in [0.15, 0.2) is 14.1 Å². The largest absolute Gasteiger partial charge is 0.381 e. The van der Waals surface area contributed by atoms with Crippen LogP contribution in [-0.2, 0) is 26.9 Å². The van der Waals surface area contributed by atoms with E-state index in [0.29, 0.717) is 14.1 Å². The Labute approximate surface area is 258 Å². The summed E-state index contributed by atoms with van der Waals surface area (Å²) < 4.78 is 7.54. The number of hydrogen-bond acceptors (Lipinski definition) is 8. The van der Waals surface area contributed by atoms with Crippen molar-refractivity contribution in [2.75, 3.05) is 0 Å². The van der Waals surface area contributed by atoms with E-state index >= 15 is 0 Å². The minimum Gasteiger partial charge on any atom is -0.381 e. The lowest BCUT2D eigenvalue weighted by molar-refractivity contribution is 0.112. The van der Waals surface area contributed by atoms with E-state index in [9.17, 15) is 9.90 Å². The summed E-state index contributed by atoms with van der Waals surface area (Å²) in [6.45, 7) is 4.15. The first-order valence-electron chi connectivity index (χ1n) is 9.98. The molecule has 0 aliphatic rings. The molecule has 0 aliphatic carbocycles. The lowest BCUT2D eigenvalue weighted by Crippen LogP contribution is -2.05. The van der Waals surface area contributed by atoms with Crippen LogP contribution < -0.4 is 0 Å². The molecule has 15 heteroatoms. The lowest BCUT2D eigenvalue weighted by atomic mass is 10.2. The van der Waals surface area contributed by atoms with E-state index in [-0.39, 0.29) is 0 Å². The van der Waals surface area contributed by atoms with Crippen LogP contribution in [-0.4, -0.2) is 40.9 Å². The van der Waals surface area contributed by atoms with Gasteiger partial charge in [-0.1, -0.05) is 13.8 Å². The van der Waals surface area contributed by atoms with Gasteiger partial charge in [0, 0.05) is 14.1 Å². The Morgan fingerprint density at radius 1 is 0.971 bits per heavy atom. The fourth-order valence-electron chi connectivity index (χ4n) is 2.60. The number of aliphatic hydroxyl groups is 1. The Morgan fingerprint density at radius 3 is 1.86 bits per heavy atom. The second-order valence-electron chi connectivity index (χ2n) is 6.74. The second-order valence-corrected chi connectivity index (χ2v) is 14.0. The highest BCUT2D eigenvalue weighted by molar-refractivity contribution is 14.1. The summed E-state index contributed by atoms with van der Waals surface area (Å²) in [6.07, 6.45) is 1.95. The minimum absolute atomic E-state index is 0.606. The number of carbonyl (C=O) groups is 1. The molecule has 0 radical (unpaired) electrons. The Bertz CT molecular complexity index is 1250. The van der Waals surface area contributed by atoms with Gasteiger partial charge < -0.3 is 5.11 Å². The number of rotatable bonds is 5. The summed E-state index contributed by atoms with van der Waals surface area (Å²) in [7, 11) is 3.79. The fraction of sp³-hybridized carbons (Fsp3) is 0.350. The van der Waals surface area contributed by atoms with Crippen LogP contribution >= 0.6 is 109 Å². The predicted octanol–water partition coefficient (Wildman–Crippen LogP) is 7.11. The summed E-state index contributed by atoms with van der Waals surface area (Å²) >= 11 is 17.9. The van der Waals surface area contributed by atoms with Crippen LogP contribution in [0.25, 0.3) is 0 Å². The predicted molar refractivity (Wildman–Crippen MR) is 162 cm³/mol. The first kappa shape index (κ1) is 31.2.